The Morgan fingerprint density at radius 1 is 1.15 bits per heavy atom. The van der Waals surface area contributed by atoms with Gasteiger partial charge in [-0.15, -0.1) is 0 Å². The van der Waals surface area contributed by atoms with Crippen LogP contribution in [-0.4, -0.2) is 50.7 Å². The lowest BCUT2D eigenvalue weighted by molar-refractivity contribution is -0.319. The fourth-order valence-electron chi connectivity index (χ4n) is 0.533. The molecule has 0 bridgehead atoms. The first-order valence-electron chi connectivity index (χ1n) is 3.10. The Hall–Kier alpha value is -1.22. The third-order valence-corrected chi connectivity index (χ3v) is 1.27. The predicted octanol–water partition coefficient (Wildman–Crippen LogP) is -4.68. The van der Waals surface area contributed by atoms with Gasteiger partial charge in [-0.1, -0.05) is 0 Å². The molecule has 0 aromatic heterocycles. The number of carboxylic acids is 1. The lowest BCUT2D eigenvalue weighted by atomic mass is 10.1. The van der Waals surface area contributed by atoms with Gasteiger partial charge in [-0.3, -0.25) is 10.0 Å². The first-order chi connectivity index (χ1) is 5.91. The molecule has 8 nitrogen and oxygen atoms in total. The van der Waals surface area contributed by atoms with E-state index in [1.807, 2.05) is 0 Å². The molecule has 0 aromatic carbocycles. The SMILES string of the molecule is O=C([O-])[C@H](O)[C@H](O)[C@@H](O)C(=O)NO. The van der Waals surface area contributed by atoms with E-state index in [-0.39, 0.29) is 0 Å². The van der Waals surface area contributed by atoms with E-state index in [1.165, 1.54) is 0 Å². The third-order valence-electron chi connectivity index (χ3n) is 1.27. The molecule has 0 saturated carbocycles. The Balaban J connectivity index is 4.32. The van der Waals surface area contributed by atoms with Gasteiger partial charge in [0.05, 0.1) is 5.97 Å². The molecule has 0 aliphatic heterocycles. The maximum atomic E-state index is 10.4. The average molecular weight is 194 g/mol. The van der Waals surface area contributed by atoms with Crippen molar-refractivity contribution in [3.63, 3.8) is 0 Å². The molecule has 3 atom stereocenters. The number of carbonyl (C=O) groups excluding carboxylic acids is 2. The zero-order valence-electron chi connectivity index (χ0n) is 6.25. The van der Waals surface area contributed by atoms with Crippen molar-refractivity contribution in [1.29, 1.82) is 0 Å². The molecule has 8 heteroatoms. The zero-order valence-corrected chi connectivity index (χ0v) is 6.25. The number of aliphatic hydroxyl groups excluding tert-OH is 3. The summed E-state index contributed by atoms with van der Waals surface area (Å²) in [5.41, 5.74) is 0.966. The molecule has 0 spiro atoms. The smallest absolute Gasteiger partial charge is 0.274 e. The van der Waals surface area contributed by atoms with E-state index in [0.717, 1.165) is 5.48 Å². The standard InChI is InChI=1S/C5H9NO7/c7-1(3(9)5(11)12)2(8)4(10)6-13/h1-3,7-9,13H,(H,6,10)(H,11,12)/p-1/t1-,2-,3-/m1/s1. The van der Waals surface area contributed by atoms with Gasteiger partial charge in [0.2, 0.25) is 0 Å². The highest BCUT2D eigenvalue weighted by atomic mass is 16.5. The molecule has 0 aliphatic rings. The first-order valence-corrected chi connectivity index (χ1v) is 3.10. The van der Waals surface area contributed by atoms with E-state index in [4.69, 9.17) is 20.5 Å². The second-order valence-corrected chi connectivity index (χ2v) is 2.18. The zero-order chi connectivity index (χ0) is 10.6. The number of nitrogens with one attached hydrogen (secondary N) is 1. The fourth-order valence-corrected chi connectivity index (χ4v) is 0.533. The van der Waals surface area contributed by atoms with Gasteiger partial charge in [0.1, 0.15) is 12.2 Å². The molecule has 0 saturated heterocycles. The number of carboxylic acid groups (broad SMARTS) is 1. The van der Waals surface area contributed by atoms with Crippen LogP contribution in [0.15, 0.2) is 0 Å². The van der Waals surface area contributed by atoms with Crippen LogP contribution in [0.2, 0.25) is 0 Å². The van der Waals surface area contributed by atoms with Crippen molar-refractivity contribution in [2.24, 2.45) is 0 Å². The molecule has 5 N–H and O–H groups in total. The van der Waals surface area contributed by atoms with Gasteiger partial charge in [-0.2, -0.15) is 0 Å². The van der Waals surface area contributed by atoms with E-state index < -0.39 is 30.2 Å². The van der Waals surface area contributed by atoms with Gasteiger partial charge in [-0.25, -0.2) is 5.48 Å². The van der Waals surface area contributed by atoms with Crippen molar-refractivity contribution in [1.82, 2.24) is 5.48 Å². The topological polar surface area (TPSA) is 150 Å². The lowest BCUT2D eigenvalue weighted by Crippen LogP contribution is -2.52. The summed E-state index contributed by atoms with van der Waals surface area (Å²) in [5.74, 6) is -3.48. The second kappa shape index (κ2) is 4.72. The fraction of sp³-hybridized carbons (Fsp3) is 0.600. The number of aliphatic carboxylic acids is 1. The van der Waals surface area contributed by atoms with Crippen LogP contribution >= 0.6 is 0 Å². The Kier molecular flexibility index (Phi) is 4.28. The summed E-state index contributed by atoms with van der Waals surface area (Å²) in [6.07, 6.45) is -6.93. The van der Waals surface area contributed by atoms with Crippen LogP contribution in [-0.2, 0) is 9.59 Å². The molecule has 1 amide bonds. The van der Waals surface area contributed by atoms with E-state index in [1.54, 1.807) is 0 Å². The molecule has 0 radical (unpaired) electrons. The van der Waals surface area contributed by atoms with Crippen molar-refractivity contribution in [2.75, 3.05) is 0 Å². The summed E-state index contributed by atoms with van der Waals surface area (Å²) >= 11 is 0. The van der Waals surface area contributed by atoms with E-state index in [0.29, 0.717) is 0 Å². The van der Waals surface area contributed by atoms with E-state index >= 15 is 0 Å². The number of hydrogen-bond acceptors (Lipinski definition) is 7. The number of hydroxylamine groups is 1. The summed E-state index contributed by atoms with van der Waals surface area (Å²) in [6, 6.07) is 0. The van der Waals surface area contributed by atoms with Crippen LogP contribution in [0.1, 0.15) is 0 Å². The number of hydrogen-bond donors (Lipinski definition) is 5. The highest BCUT2D eigenvalue weighted by Gasteiger charge is 2.30. The van der Waals surface area contributed by atoms with Gasteiger partial charge in [-0.05, 0) is 0 Å². The second-order valence-electron chi connectivity index (χ2n) is 2.18. The molecule has 76 valence electrons. The first kappa shape index (κ1) is 11.8. The van der Waals surface area contributed by atoms with Crippen molar-refractivity contribution in [2.45, 2.75) is 18.3 Å². The summed E-state index contributed by atoms with van der Waals surface area (Å²) in [7, 11) is 0. The number of aliphatic hydroxyl groups is 3. The largest absolute Gasteiger partial charge is 0.547 e. The van der Waals surface area contributed by atoms with Crippen molar-refractivity contribution < 1.29 is 35.2 Å². The van der Waals surface area contributed by atoms with E-state index in [2.05, 4.69) is 0 Å². The molecular weight excluding hydrogens is 186 g/mol. The normalized spacial score (nSPS) is 17.2. The van der Waals surface area contributed by atoms with Gasteiger partial charge in [0.25, 0.3) is 5.91 Å². The predicted molar refractivity (Wildman–Crippen MR) is 33.0 cm³/mol. The Morgan fingerprint density at radius 3 is 1.92 bits per heavy atom. The van der Waals surface area contributed by atoms with Crippen LogP contribution in [0, 0.1) is 0 Å². The minimum absolute atomic E-state index is 0.966. The lowest BCUT2D eigenvalue weighted by Gasteiger charge is -2.21. The van der Waals surface area contributed by atoms with Crippen molar-refractivity contribution in [3.8, 4) is 0 Å². The Morgan fingerprint density at radius 2 is 1.62 bits per heavy atom. The molecule has 0 heterocycles. The van der Waals surface area contributed by atoms with Crippen LogP contribution in [0.4, 0.5) is 0 Å². The average Bonchev–Trinajstić information content (AvgIpc) is 2.12. The maximum absolute atomic E-state index is 10.4. The Labute approximate surface area is 72.0 Å². The molecular formula is C5H8NO7-. The van der Waals surface area contributed by atoms with E-state index in [9.17, 15) is 14.7 Å². The number of amides is 1. The van der Waals surface area contributed by atoms with Crippen molar-refractivity contribution >= 4 is 11.9 Å². The third kappa shape index (κ3) is 2.95. The molecule has 0 fully saturated rings. The van der Waals surface area contributed by atoms with Gasteiger partial charge < -0.3 is 25.2 Å². The van der Waals surface area contributed by atoms with Crippen LogP contribution in [0.5, 0.6) is 0 Å². The minimum atomic E-state index is -2.41. The van der Waals surface area contributed by atoms with Gasteiger partial charge in [0.15, 0.2) is 6.10 Å². The van der Waals surface area contributed by atoms with Crippen LogP contribution in [0.3, 0.4) is 0 Å². The Bertz CT molecular complexity index is 205. The quantitative estimate of drug-likeness (QED) is 0.223. The summed E-state index contributed by atoms with van der Waals surface area (Å²) in [5, 5.41) is 44.0. The van der Waals surface area contributed by atoms with Crippen molar-refractivity contribution in [3.05, 3.63) is 0 Å². The molecule has 0 rings (SSSR count). The number of carbonyl (C=O) groups is 2. The van der Waals surface area contributed by atoms with Gasteiger partial charge >= 0.3 is 0 Å². The molecule has 0 aromatic rings. The number of rotatable bonds is 4. The monoisotopic (exact) mass is 194 g/mol. The highest BCUT2D eigenvalue weighted by molar-refractivity contribution is 5.81. The summed E-state index contributed by atoms with van der Waals surface area (Å²) in [4.78, 5) is 20.3. The minimum Gasteiger partial charge on any atom is -0.547 e. The van der Waals surface area contributed by atoms with Crippen LogP contribution in [0.25, 0.3) is 0 Å². The van der Waals surface area contributed by atoms with Gasteiger partial charge in [0, 0.05) is 0 Å². The summed E-state index contributed by atoms with van der Waals surface area (Å²) < 4.78 is 0. The maximum Gasteiger partial charge on any atom is 0.274 e. The molecule has 13 heavy (non-hydrogen) atoms. The highest BCUT2D eigenvalue weighted by Crippen LogP contribution is 1.99. The molecule has 0 aliphatic carbocycles. The van der Waals surface area contributed by atoms with Crippen LogP contribution < -0.4 is 10.6 Å². The molecule has 0 unspecified atom stereocenters. The summed E-state index contributed by atoms with van der Waals surface area (Å²) in [6.45, 7) is 0.